The lowest BCUT2D eigenvalue weighted by atomic mass is 10.1. The zero-order valence-electron chi connectivity index (χ0n) is 10.7. The Morgan fingerprint density at radius 1 is 1.29 bits per heavy atom. The number of ether oxygens (including phenoxy) is 1. The molecule has 0 bridgehead atoms. The summed E-state index contributed by atoms with van der Waals surface area (Å²) in [4.78, 5) is 0. The molecule has 0 radical (unpaired) electrons. The largest absolute Gasteiger partial charge is 0.377 e. The Morgan fingerprint density at radius 3 is 2.94 bits per heavy atom. The number of benzene rings is 1. The maximum atomic E-state index is 5.69. The van der Waals surface area contributed by atoms with Crippen LogP contribution in [0.3, 0.4) is 0 Å². The highest BCUT2D eigenvalue weighted by molar-refractivity contribution is 5.25. The second-order valence-electron chi connectivity index (χ2n) is 4.87. The van der Waals surface area contributed by atoms with Crippen molar-refractivity contribution in [2.45, 2.75) is 38.7 Å². The minimum absolute atomic E-state index is 0.445. The highest BCUT2D eigenvalue weighted by Gasteiger charge is 2.12. The Hall–Kier alpha value is -0.860. The zero-order valence-corrected chi connectivity index (χ0v) is 10.7. The van der Waals surface area contributed by atoms with E-state index >= 15 is 0 Å². The van der Waals surface area contributed by atoms with E-state index in [4.69, 9.17) is 4.74 Å². The van der Waals surface area contributed by atoms with Gasteiger partial charge in [0.2, 0.25) is 0 Å². The maximum absolute atomic E-state index is 5.69. The molecule has 0 spiro atoms. The summed E-state index contributed by atoms with van der Waals surface area (Å²) >= 11 is 0. The molecule has 2 nitrogen and oxygen atoms in total. The molecule has 1 aromatic carbocycles. The lowest BCUT2D eigenvalue weighted by Crippen LogP contribution is -2.32. The molecule has 1 aliphatic heterocycles. The van der Waals surface area contributed by atoms with Crippen molar-refractivity contribution in [3.05, 3.63) is 35.4 Å². The predicted octanol–water partition coefficient (Wildman–Crippen LogP) is 2.70. The smallest absolute Gasteiger partial charge is 0.0699 e. The monoisotopic (exact) mass is 233 g/mol. The van der Waals surface area contributed by atoms with Gasteiger partial charge in [0.25, 0.3) is 0 Å². The summed E-state index contributed by atoms with van der Waals surface area (Å²) in [5.41, 5.74) is 2.84. The number of hydrogen-bond acceptors (Lipinski definition) is 2. The molecule has 1 saturated heterocycles. The van der Waals surface area contributed by atoms with Crippen molar-refractivity contribution in [1.82, 2.24) is 5.32 Å². The van der Waals surface area contributed by atoms with Gasteiger partial charge in [-0.3, -0.25) is 0 Å². The summed E-state index contributed by atoms with van der Waals surface area (Å²) in [5, 5.41) is 3.51. The molecule has 1 aliphatic rings. The molecular weight excluding hydrogens is 210 g/mol. The third-order valence-corrected chi connectivity index (χ3v) is 3.48. The highest BCUT2D eigenvalue weighted by Crippen LogP contribution is 2.11. The van der Waals surface area contributed by atoms with Gasteiger partial charge in [0, 0.05) is 13.2 Å². The van der Waals surface area contributed by atoms with Gasteiger partial charge in [0.05, 0.1) is 6.10 Å². The van der Waals surface area contributed by atoms with Crippen LogP contribution in [0, 0.1) is 6.92 Å². The average Bonchev–Trinajstić information content (AvgIpc) is 2.38. The van der Waals surface area contributed by atoms with Gasteiger partial charge in [-0.05, 0) is 50.3 Å². The van der Waals surface area contributed by atoms with Crippen LogP contribution in [0.4, 0.5) is 0 Å². The lowest BCUT2D eigenvalue weighted by Gasteiger charge is -2.22. The molecule has 0 saturated carbocycles. The lowest BCUT2D eigenvalue weighted by molar-refractivity contribution is 0.0171. The average molecular weight is 233 g/mol. The normalized spacial score (nSPS) is 20.4. The Labute approximate surface area is 104 Å². The first-order valence-corrected chi connectivity index (χ1v) is 6.73. The van der Waals surface area contributed by atoms with Crippen molar-refractivity contribution in [2.24, 2.45) is 0 Å². The van der Waals surface area contributed by atoms with Crippen LogP contribution in [0.5, 0.6) is 0 Å². The zero-order chi connectivity index (χ0) is 11.9. The summed E-state index contributed by atoms with van der Waals surface area (Å²) in [6.45, 7) is 5.18. The standard InChI is InChI=1S/C15H23NO/c1-13-6-2-3-7-14(13)9-10-16-12-15-8-4-5-11-17-15/h2-3,6-7,15-16H,4-5,8-12H2,1H3. The fourth-order valence-corrected chi connectivity index (χ4v) is 2.35. The fraction of sp³-hybridized carbons (Fsp3) is 0.600. The number of aryl methyl sites for hydroxylation is 1. The van der Waals surface area contributed by atoms with E-state index in [1.54, 1.807) is 0 Å². The van der Waals surface area contributed by atoms with Crippen molar-refractivity contribution < 1.29 is 4.74 Å². The van der Waals surface area contributed by atoms with Gasteiger partial charge in [-0.1, -0.05) is 24.3 Å². The maximum Gasteiger partial charge on any atom is 0.0699 e. The molecule has 0 amide bonds. The van der Waals surface area contributed by atoms with Crippen LogP contribution in [0.25, 0.3) is 0 Å². The predicted molar refractivity (Wildman–Crippen MR) is 71.3 cm³/mol. The van der Waals surface area contributed by atoms with Crippen molar-refractivity contribution in [2.75, 3.05) is 19.7 Å². The summed E-state index contributed by atoms with van der Waals surface area (Å²) in [7, 11) is 0. The van der Waals surface area contributed by atoms with Crippen molar-refractivity contribution in [3.8, 4) is 0 Å². The van der Waals surface area contributed by atoms with E-state index in [2.05, 4.69) is 36.5 Å². The topological polar surface area (TPSA) is 21.3 Å². The molecule has 1 aromatic rings. The second-order valence-corrected chi connectivity index (χ2v) is 4.87. The molecule has 1 heterocycles. The van der Waals surface area contributed by atoms with E-state index in [9.17, 15) is 0 Å². The SMILES string of the molecule is Cc1ccccc1CCNCC1CCCCO1. The summed E-state index contributed by atoms with van der Waals surface area (Å²) in [6, 6.07) is 8.61. The Bertz CT molecular complexity index is 331. The van der Waals surface area contributed by atoms with Crippen LogP contribution in [0.15, 0.2) is 24.3 Å². The number of hydrogen-bond donors (Lipinski definition) is 1. The first-order valence-electron chi connectivity index (χ1n) is 6.73. The van der Waals surface area contributed by atoms with E-state index in [0.29, 0.717) is 6.10 Å². The van der Waals surface area contributed by atoms with E-state index in [0.717, 1.165) is 26.1 Å². The van der Waals surface area contributed by atoms with Crippen molar-refractivity contribution in [3.63, 3.8) is 0 Å². The van der Waals surface area contributed by atoms with Crippen LogP contribution in [-0.2, 0) is 11.2 Å². The van der Waals surface area contributed by atoms with E-state index in [1.807, 2.05) is 0 Å². The van der Waals surface area contributed by atoms with Gasteiger partial charge in [-0.25, -0.2) is 0 Å². The number of nitrogens with one attached hydrogen (secondary N) is 1. The van der Waals surface area contributed by atoms with Gasteiger partial charge in [0.1, 0.15) is 0 Å². The molecule has 2 heteroatoms. The molecule has 0 aliphatic carbocycles. The Morgan fingerprint density at radius 2 is 2.18 bits per heavy atom. The van der Waals surface area contributed by atoms with Gasteiger partial charge >= 0.3 is 0 Å². The molecule has 1 atom stereocenters. The van der Waals surface area contributed by atoms with Gasteiger partial charge < -0.3 is 10.1 Å². The highest BCUT2D eigenvalue weighted by atomic mass is 16.5. The molecule has 0 aromatic heterocycles. The molecule has 1 unspecified atom stereocenters. The fourth-order valence-electron chi connectivity index (χ4n) is 2.35. The third kappa shape index (κ3) is 4.14. The molecule has 1 fully saturated rings. The van der Waals surface area contributed by atoms with Crippen LogP contribution in [0.2, 0.25) is 0 Å². The molecular formula is C15H23NO. The van der Waals surface area contributed by atoms with Crippen LogP contribution < -0.4 is 5.32 Å². The molecule has 2 rings (SSSR count). The minimum atomic E-state index is 0.445. The van der Waals surface area contributed by atoms with E-state index in [1.165, 1.54) is 30.4 Å². The first kappa shape index (κ1) is 12.6. The van der Waals surface area contributed by atoms with Gasteiger partial charge in [-0.15, -0.1) is 0 Å². The minimum Gasteiger partial charge on any atom is -0.377 e. The van der Waals surface area contributed by atoms with Gasteiger partial charge in [0.15, 0.2) is 0 Å². The molecule has 1 N–H and O–H groups in total. The van der Waals surface area contributed by atoms with Crippen molar-refractivity contribution >= 4 is 0 Å². The van der Waals surface area contributed by atoms with Crippen molar-refractivity contribution in [1.29, 1.82) is 0 Å². The second kappa shape index (κ2) is 6.77. The summed E-state index contributed by atoms with van der Waals surface area (Å²) in [6.07, 6.45) is 5.33. The van der Waals surface area contributed by atoms with Crippen LogP contribution >= 0.6 is 0 Å². The van der Waals surface area contributed by atoms with E-state index < -0.39 is 0 Å². The summed E-state index contributed by atoms with van der Waals surface area (Å²) < 4.78 is 5.69. The first-order chi connectivity index (χ1) is 8.36. The Balaban J connectivity index is 1.64. The third-order valence-electron chi connectivity index (χ3n) is 3.48. The quantitative estimate of drug-likeness (QED) is 0.790. The molecule has 17 heavy (non-hydrogen) atoms. The number of rotatable bonds is 5. The van der Waals surface area contributed by atoms with Crippen LogP contribution in [-0.4, -0.2) is 25.8 Å². The van der Waals surface area contributed by atoms with Gasteiger partial charge in [-0.2, -0.15) is 0 Å². The summed E-state index contributed by atoms with van der Waals surface area (Å²) in [5.74, 6) is 0. The van der Waals surface area contributed by atoms with E-state index in [-0.39, 0.29) is 0 Å². The molecule has 94 valence electrons. The Kier molecular flexibility index (Phi) is 5.02. The van der Waals surface area contributed by atoms with Crippen LogP contribution in [0.1, 0.15) is 30.4 Å².